The first-order chi connectivity index (χ1) is 9.07. The summed E-state index contributed by atoms with van der Waals surface area (Å²) in [4.78, 5) is 30.2. The largest absolute Gasteiger partial charge is 0.542 e. The van der Waals surface area contributed by atoms with E-state index in [0.29, 0.717) is 6.42 Å². The van der Waals surface area contributed by atoms with Crippen molar-refractivity contribution in [1.29, 1.82) is 0 Å². The van der Waals surface area contributed by atoms with Gasteiger partial charge in [-0.3, -0.25) is 4.79 Å². The average Bonchev–Trinajstić information content (AvgIpc) is 2.75. The van der Waals surface area contributed by atoms with Crippen LogP contribution >= 0.6 is 0 Å². The quantitative estimate of drug-likeness (QED) is 0.583. The summed E-state index contributed by atoms with van der Waals surface area (Å²) in [7, 11) is 1.35. The first-order valence-corrected chi connectivity index (χ1v) is 5.50. The van der Waals surface area contributed by atoms with E-state index in [9.17, 15) is 22.8 Å². The van der Waals surface area contributed by atoms with Crippen LogP contribution in [0.2, 0.25) is 0 Å². The normalized spacial score (nSPS) is 21.6. The van der Waals surface area contributed by atoms with Gasteiger partial charge in [0, 0.05) is 12.8 Å². The van der Waals surface area contributed by atoms with E-state index in [0.717, 1.165) is 6.42 Å². The van der Waals surface area contributed by atoms with Crippen molar-refractivity contribution in [3.05, 3.63) is 0 Å². The molecule has 1 heterocycles. The van der Waals surface area contributed by atoms with Gasteiger partial charge in [-0.1, -0.05) is 0 Å². The Labute approximate surface area is 111 Å². The SMILES string of the molecule is COC(=O)[C@H]1CC[C@@H](CC(=O)O)[NH2+]1.O=C([O-])C(F)(F)F. The number of methoxy groups -OCH3 is 1. The molecule has 0 radical (unpaired) electrons. The van der Waals surface area contributed by atoms with E-state index in [1.165, 1.54) is 7.11 Å². The summed E-state index contributed by atoms with van der Waals surface area (Å²) in [5.41, 5.74) is 0. The number of halogens is 3. The zero-order valence-electron chi connectivity index (χ0n) is 10.5. The van der Waals surface area contributed by atoms with Gasteiger partial charge in [0.05, 0.1) is 19.6 Å². The number of ether oxygens (including phenoxy) is 1. The molecule has 20 heavy (non-hydrogen) atoms. The van der Waals surface area contributed by atoms with Crippen LogP contribution in [0.5, 0.6) is 0 Å². The molecule has 116 valence electrons. The second kappa shape index (κ2) is 7.68. The Morgan fingerprint density at radius 1 is 1.35 bits per heavy atom. The van der Waals surface area contributed by atoms with Crippen LogP contribution in [-0.4, -0.2) is 48.4 Å². The van der Waals surface area contributed by atoms with Crippen LogP contribution in [-0.2, 0) is 19.1 Å². The Morgan fingerprint density at radius 2 is 1.85 bits per heavy atom. The molecule has 0 unspecified atom stereocenters. The van der Waals surface area contributed by atoms with Gasteiger partial charge in [-0.2, -0.15) is 13.2 Å². The summed E-state index contributed by atoms with van der Waals surface area (Å²) in [5, 5.41) is 19.1. The molecule has 0 amide bonds. The molecule has 0 aromatic carbocycles. The Bertz CT molecular complexity index is 370. The fraction of sp³-hybridized carbons (Fsp3) is 0.700. The van der Waals surface area contributed by atoms with Crippen LogP contribution in [0, 0.1) is 0 Å². The lowest BCUT2D eigenvalue weighted by molar-refractivity contribution is -0.690. The summed E-state index contributed by atoms with van der Waals surface area (Å²) in [6.07, 6.45) is -3.59. The Morgan fingerprint density at radius 3 is 2.20 bits per heavy atom. The molecule has 3 N–H and O–H groups in total. The van der Waals surface area contributed by atoms with E-state index in [-0.39, 0.29) is 24.5 Å². The van der Waals surface area contributed by atoms with Crippen molar-refractivity contribution < 1.29 is 47.8 Å². The number of carboxylic acid groups (broad SMARTS) is 2. The molecular weight excluding hydrogens is 287 g/mol. The van der Waals surface area contributed by atoms with E-state index in [1.807, 2.05) is 0 Å². The smallest absolute Gasteiger partial charge is 0.430 e. The van der Waals surface area contributed by atoms with Gasteiger partial charge in [0.1, 0.15) is 5.97 Å². The van der Waals surface area contributed by atoms with Crippen molar-refractivity contribution in [3.63, 3.8) is 0 Å². The van der Waals surface area contributed by atoms with Crippen LogP contribution in [0.1, 0.15) is 19.3 Å². The minimum absolute atomic E-state index is 0.0293. The first-order valence-electron chi connectivity index (χ1n) is 5.50. The second-order valence-electron chi connectivity index (χ2n) is 4.04. The number of hydrogen-bond donors (Lipinski definition) is 2. The lowest BCUT2D eigenvalue weighted by Gasteiger charge is -2.07. The van der Waals surface area contributed by atoms with Crippen molar-refractivity contribution in [3.8, 4) is 0 Å². The zero-order chi connectivity index (χ0) is 15.9. The predicted octanol–water partition coefficient (Wildman–Crippen LogP) is -1.97. The maximum absolute atomic E-state index is 11.0. The molecule has 0 aromatic heterocycles. The molecule has 1 rings (SSSR count). The third-order valence-corrected chi connectivity index (χ3v) is 2.53. The number of esters is 1. The van der Waals surface area contributed by atoms with Gasteiger partial charge >= 0.3 is 18.1 Å². The predicted molar refractivity (Wildman–Crippen MR) is 54.1 cm³/mol. The topological polar surface area (TPSA) is 120 Å². The number of carbonyl (C=O) groups is 3. The van der Waals surface area contributed by atoms with E-state index in [2.05, 4.69) is 4.74 Å². The Hall–Kier alpha value is -1.84. The number of hydrogen-bond acceptors (Lipinski definition) is 5. The summed E-state index contributed by atoms with van der Waals surface area (Å²) in [6, 6.07) is -0.170. The van der Waals surface area contributed by atoms with Crippen molar-refractivity contribution in [1.82, 2.24) is 0 Å². The maximum Gasteiger partial charge on any atom is 0.430 e. The molecule has 10 heteroatoms. The summed E-state index contributed by atoms with van der Waals surface area (Å²) < 4.78 is 36.1. The molecule has 0 spiro atoms. The van der Waals surface area contributed by atoms with Crippen molar-refractivity contribution >= 4 is 17.9 Å². The molecule has 1 aliphatic heterocycles. The molecule has 1 saturated heterocycles. The van der Waals surface area contributed by atoms with E-state index < -0.39 is 18.1 Å². The minimum atomic E-state index is -5.19. The summed E-state index contributed by atoms with van der Waals surface area (Å²) >= 11 is 0. The van der Waals surface area contributed by atoms with Crippen molar-refractivity contribution in [2.75, 3.05) is 7.11 Å². The number of rotatable bonds is 3. The van der Waals surface area contributed by atoms with Gasteiger partial charge in [0.2, 0.25) is 0 Å². The second-order valence-corrected chi connectivity index (χ2v) is 4.04. The molecule has 0 saturated carbocycles. The van der Waals surface area contributed by atoms with Crippen LogP contribution < -0.4 is 10.4 Å². The van der Waals surface area contributed by atoms with Gasteiger partial charge in [-0.25, -0.2) is 4.79 Å². The Balaban J connectivity index is 0.000000441. The molecule has 0 aromatic rings. The lowest BCUT2D eigenvalue weighted by Crippen LogP contribution is -2.93. The highest BCUT2D eigenvalue weighted by Crippen LogP contribution is 2.11. The molecule has 0 bridgehead atoms. The van der Waals surface area contributed by atoms with Gasteiger partial charge in [0.25, 0.3) is 0 Å². The number of nitrogens with two attached hydrogens (primary N) is 1. The molecule has 1 aliphatic rings. The monoisotopic (exact) mass is 301 g/mol. The average molecular weight is 301 g/mol. The van der Waals surface area contributed by atoms with Gasteiger partial charge in [0.15, 0.2) is 6.04 Å². The molecule has 7 nitrogen and oxygen atoms in total. The van der Waals surface area contributed by atoms with Crippen LogP contribution in [0.15, 0.2) is 0 Å². The number of alkyl halides is 3. The molecule has 2 atom stereocenters. The van der Waals surface area contributed by atoms with E-state index >= 15 is 0 Å². The van der Waals surface area contributed by atoms with Gasteiger partial charge in [-0.15, -0.1) is 0 Å². The third-order valence-electron chi connectivity index (χ3n) is 2.53. The van der Waals surface area contributed by atoms with Crippen LogP contribution in [0.3, 0.4) is 0 Å². The number of quaternary nitrogens is 1. The fourth-order valence-electron chi connectivity index (χ4n) is 1.66. The first kappa shape index (κ1) is 18.2. The van der Waals surface area contributed by atoms with Gasteiger partial charge < -0.3 is 25.1 Å². The molecule has 1 fully saturated rings. The molecule has 0 aliphatic carbocycles. The standard InChI is InChI=1S/C8H13NO4.C2HF3O2/c1-13-8(12)6-3-2-5(9-6)4-7(10)11;3-2(4,5)1(6)7/h5-6,9H,2-4H2,1H3,(H,10,11);(H,6,7)/t5-,6+;/m0./s1. The van der Waals surface area contributed by atoms with E-state index in [4.69, 9.17) is 15.0 Å². The van der Waals surface area contributed by atoms with Crippen LogP contribution in [0.25, 0.3) is 0 Å². The Kier molecular flexibility index (Phi) is 6.97. The number of aliphatic carboxylic acids is 2. The van der Waals surface area contributed by atoms with Crippen LogP contribution in [0.4, 0.5) is 13.2 Å². The number of carbonyl (C=O) groups excluding carboxylic acids is 2. The van der Waals surface area contributed by atoms with Gasteiger partial charge in [-0.05, 0) is 0 Å². The number of carboxylic acids is 2. The lowest BCUT2D eigenvalue weighted by atomic mass is 10.1. The zero-order valence-corrected chi connectivity index (χ0v) is 10.5. The highest BCUT2D eigenvalue weighted by molar-refractivity contribution is 5.74. The fourth-order valence-corrected chi connectivity index (χ4v) is 1.66. The summed E-state index contributed by atoms with van der Waals surface area (Å²) in [6.45, 7) is 0. The van der Waals surface area contributed by atoms with Crippen molar-refractivity contribution in [2.24, 2.45) is 0 Å². The van der Waals surface area contributed by atoms with Crippen molar-refractivity contribution in [2.45, 2.75) is 37.5 Å². The van der Waals surface area contributed by atoms with E-state index in [1.54, 1.807) is 5.32 Å². The highest BCUT2D eigenvalue weighted by atomic mass is 19.4. The minimum Gasteiger partial charge on any atom is -0.542 e. The highest BCUT2D eigenvalue weighted by Gasteiger charge is 2.35. The molecular formula is C10H14F3NO6. The maximum atomic E-state index is 11.0. The third kappa shape index (κ3) is 6.92. The summed E-state index contributed by atoms with van der Waals surface area (Å²) in [5.74, 6) is -4.08.